The average Bonchev–Trinajstić information content (AvgIpc) is 2.97. The molecular weight excluding hydrogens is 324 g/mol. The van der Waals surface area contributed by atoms with E-state index in [9.17, 15) is 4.79 Å². The second-order valence-electron chi connectivity index (χ2n) is 4.21. The maximum atomic E-state index is 12.0. The van der Waals surface area contributed by atoms with Crippen LogP contribution in [0.5, 0.6) is 0 Å². The van der Waals surface area contributed by atoms with E-state index in [1.165, 1.54) is 23.1 Å². The van der Waals surface area contributed by atoms with Crippen molar-refractivity contribution in [1.29, 1.82) is 0 Å². The molecule has 0 saturated carbocycles. The van der Waals surface area contributed by atoms with E-state index in [0.717, 1.165) is 14.2 Å². The van der Waals surface area contributed by atoms with E-state index in [0.29, 0.717) is 5.75 Å². The number of amides is 1. The van der Waals surface area contributed by atoms with Crippen LogP contribution in [0, 0.1) is 0 Å². The molecule has 5 nitrogen and oxygen atoms in total. The fourth-order valence-electron chi connectivity index (χ4n) is 1.87. The van der Waals surface area contributed by atoms with E-state index in [4.69, 9.17) is 5.73 Å². The first-order chi connectivity index (χ1) is 10.1. The molecule has 0 aliphatic rings. The van der Waals surface area contributed by atoms with E-state index in [2.05, 4.69) is 15.5 Å². The molecule has 2 aromatic rings. The first kappa shape index (κ1) is 16.3. The largest absolute Gasteiger partial charge is 0.368 e. The Labute approximate surface area is 136 Å². The first-order valence-corrected chi connectivity index (χ1v) is 9.19. The Bertz CT molecular complexity index is 604. The molecule has 0 aliphatic heterocycles. The summed E-state index contributed by atoms with van der Waals surface area (Å²) >= 11 is 4.55. The molecule has 1 atom stereocenters. The zero-order chi connectivity index (χ0) is 15.3. The highest BCUT2D eigenvalue weighted by atomic mass is 32.2. The number of benzene rings is 1. The van der Waals surface area contributed by atoms with Crippen LogP contribution in [0.4, 0.5) is 0 Å². The molecule has 1 heterocycles. The van der Waals surface area contributed by atoms with Crippen LogP contribution in [-0.2, 0) is 10.3 Å². The summed E-state index contributed by atoms with van der Waals surface area (Å²) in [6.45, 7) is 0. The maximum absolute atomic E-state index is 12.0. The summed E-state index contributed by atoms with van der Waals surface area (Å²) in [6.07, 6.45) is 1.96. The molecule has 0 radical (unpaired) electrons. The Balaban J connectivity index is 2.23. The van der Waals surface area contributed by atoms with Crippen LogP contribution in [0.1, 0.15) is 5.56 Å². The second-order valence-corrected chi connectivity index (χ2v) is 7.47. The molecule has 0 spiro atoms. The summed E-state index contributed by atoms with van der Waals surface area (Å²) in [5.41, 5.74) is 5.59. The number of nitrogens with two attached hydrogens (primary N) is 1. The highest BCUT2D eigenvalue weighted by Crippen LogP contribution is 2.33. The Morgan fingerprint density at radius 3 is 2.52 bits per heavy atom. The predicted molar refractivity (Wildman–Crippen MR) is 88.8 cm³/mol. The monoisotopic (exact) mass is 340 g/mol. The van der Waals surface area contributed by atoms with Gasteiger partial charge in [0.15, 0.2) is 8.68 Å². The fourth-order valence-corrected chi connectivity index (χ4v) is 4.57. The van der Waals surface area contributed by atoms with Crippen LogP contribution in [0.2, 0.25) is 0 Å². The molecule has 1 amide bonds. The smallest absolute Gasteiger partial charge is 0.243 e. The van der Waals surface area contributed by atoms with Crippen LogP contribution in [-0.4, -0.2) is 35.2 Å². The normalized spacial score (nSPS) is 13.8. The molecule has 2 rings (SSSR count). The number of nitrogens with one attached hydrogen (secondary N) is 1. The van der Waals surface area contributed by atoms with Crippen molar-refractivity contribution < 1.29 is 4.79 Å². The topological polar surface area (TPSA) is 80.9 Å². The lowest BCUT2D eigenvalue weighted by Crippen LogP contribution is -2.53. The van der Waals surface area contributed by atoms with Crippen molar-refractivity contribution in [3.8, 4) is 0 Å². The van der Waals surface area contributed by atoms with Gasteiger partial charge in [0.2, 0.25) is 5.91 Å². The highest BCUT2D eigenvalue weighted by Gasteiger charge is 2.37. The predicted octanol–water partition coefficient (Wildman–Crippen LogP) is 1.95. The van der Waals surface area contributed by atoms with Crippen molar-refractivity contribution in [2.45, 2.75) is 14.2 Å². The van der Waals surface area contributed by atoms with Gasteiger partial charge >= 0.3 is 0 Å². The highest BCUT2D eigenvalue weighted by molar-refractivity contribution is 8.03. The van der Waals surface area contributed by atoms with Gasteiger partial charge in [-0.15, -0.1) is 10.2 Å². The lowest BCUT2D eigenvalue weighted by Gasteiger charge is -2.30. The fraction of sp³-hybridized carbons (Fsp3) is 0.308. The van der Waals surface area contributed by atoms with Crippen molar-refractivity contribution in [1.82, 2.24) is 15.5 Å². The van der Waals surface area contributed by atoms with Gasteiger partial charge in [-0.1, -0.05) is 65.2 Å². The summed E-state index contributed by atoms with van der Waals surface area (Å²) in [7, 11) is 1.74. The third kappa shape index (κ3) is 3.57. The molecule has 21 heavy (non-hydrogen) atoms. The second kappa shape index (κ2) is 7.26. The van der Waals surface area contributed by atoms with Crippen LogP contribution in [0.25, 0.3) is 0 Å². The first-order valence-electron chi connectivity index (χ1n) is 6.17. The number of likely N-dealkylation sites (N-methyl/N-ethyl adjacent to an activating group) is 1. The minimum atomic E-state index is -0.920. The molecule has 3 N–H and O–H groups in total. The van der Waals surface area contributed by atoms with Gasteiger partial charge in [-0.05, 0) is 18.9 Å². The summed E-state index contributed by atoms with van der Waals surface area (Å²) < 4.78 is 1.74. The number of aromatic nitrogens is 2. The van der Waals surface area contributed by atoms with Crippen molar-refractivity contribution in [3.63, 3.8) is 0 Å². The number of hydrogen-bond donors (Lipinski definition) is 2. The van der Waals surface area contributed by atoms with Gasteiger partial charge in [-0.2, -0.15) is 0 Å². The van der Waals surface area contributed by atoms with Crippen LogP contribution < -0.4 is 11.1 Å². The zero-order valence-electron chi connectivity index (χ0n) is 11.7. The Morgan fingerprint density at radius 2 is 2.00 bits per heavy atom. The molecule has 1 aromatic carbocycles. The molecular formula is C13H16N4OS3. The number of nitrogens with zero attached hydrogens (tertiary/aromatic N) is 2. The van der Waals surface area contributed by atoms with Crippen LogP contribution >= 0.6 is 34.9 Å². The minimum absolute atomic E-state index is 0.404. The third-order valence-electron chi connectivity index (χ3n) is 3.09. The molecule has 112 valence electrons. The molecule has 1 aromatic heterocycles. The van der Waals surface area contributed by atoms with Gasteiger partial charge in [0.25, 0.3) is 0 Å². The van der Waals surface area contributed by atoms with E-state index >= 15 is 0 Å². The lowest BCUT2D eigenvalue weighted by atomic mass is 9.91. The molecule has 0 saturated heterocycles. The summed E-state index contributed by atoms with van der Waals surface area (Å²) in [5.74, 6) is 0.0598. The Hall–Kier alpha value is -1.09. The number of carbonyl (C=O) groups is 1. The standard InChI is InChI=1S/C13H16N4OS3/c1-15-13(10(14)18,9-6-4-3-5-7-9)8-20-12-17-16-11(19-2)21-12/h3-7,15H,8H2,1-2H3,(H2,14,18). The molecule has 8 heteroatoms. The lowest BCUT2D eigenvalue weighted by molar-refractivity contribution is -0.123. The van der Waals surface area contributed by atoms with E-state index in [1.54, 1.807) is 18.8 Å². The van der Waals surface area contributed by atoms with Gasteiger partial charge in [-0.25, -0.2) is 0 Å². The van der Waals surface area contributed by atoms with E-state index in [1.807, 2.05) is 36.6 Å². The van der Waals surface area contributed by atoms with Crippen LogP contribution in [0.3, 0.4) is 0 Å². The quantitative estimate of drug-likeness (QED) is 0.750. The Kier molecular flexibility index (Phi) is 5.63. The number of thioether (sulfide) groups is 2. The number of rotatable bonds is 7. The summed E-state index contributed by atoms with van der Waals surface area (Å²) in [5, 5.41) is 11.2. The average molecular weight is 340 g/mol. The van der Waals surface area contributed by atoms with Crippen LogP contribution in [0.15, 0.2) is 39.0 Å². The number of primary amides is 1. The molecule has 1 unspecified atom stereocenters. The van der Waals surface area contributed by atoms with E-state index in [-0.39, 0.29) is 0 Å². The van der Waals surface area contributed by atoms with Crippen molar-refractivity contribution in [2.24, 2.45) is 5.73 Å². The van der Waals surface area contributed by atoms with E-state index < -0.39 is 11.4 Å². The molecule has 0 aliphatic carbocycles. The third-order valence-corrected chi connectivity index (χ3v) is 6.29. The molecule has 0 fully saturated rings. The van der Waals surface area contributed by atoms with Gasteiger partial charge in [0, 0.05) is 5.75 Å². The van der Waals surface area contributed by atoms with Gasteiger partial charge in [0.1, 0.15) is 5.54 Å². The maximum Gasteiger partial charge on any atom is 0.243 e. The van der Waals surface area contributed by atoms with Gasteiger partial charge in [-0.3, -0.25) is 4.79 Å². The number of hydrogen-bond acceptors (Lipinski definition) is 7. The summed E-state index contributed by atoms with van der Waals surface area (Å²) in [4.78, 5) is 12.0. The van der Waals surface area contributed by atoms with Crippen molar-refractivity contribution in [2.75, 3.05) is 19.1 Å². The Morgan fingerprint density at radius 1 is 1.33 bits per heavy atom. The minimum Gasteiger partial charge on any atom is -0.368 e. The van der Waals surface area contributed by atoms with Gasteiger partial charge < -0.3 is 11.1 Å². The summed E-state index contributed by atoms with van der Waals surface area (Å²) in [6, 6.07) is 9.50. The SMILES string of the molecule is CNC(CSc1nnc(SC)s1)(C(N)=O)c1ccccc1. The van der Waals surface area contributed by atoms with Gasteiger partial charge in [0.05, 0.1) is 0 Å². The van der Waals surface area contributed by atoms with Crippen molar-refractivity contribution in [3.05, 3.63) is 35.9 Å². The number of carbonyl (C=O) groups excluding carboxylic acids is 1. The molecule has 0 bridgehead atoms. The van der Waals surface area contributed by atoms with Crippen molar-refractivity contribution >= 4 is 40.8 Å². The zero-order valence-corrected chi connectivity index (χ0v) is 14.1.